The number of thioether (sulfide) groups is 2. The molecule has 8 nitrogen and oxygen atoms in total. The molecule has 4 N–H and O–H groups in total. The van der Waals surface area contributed by atoms with Gasteiger partial charge in [0.15, 0.2) is 5.17 Å². The molecular formula is C8H9N5O3S2. The molecule has 0 aromatic carbocycles. The predicted molar refractivity (Wildman–Crippen MR) is 69.2 cm³/mol. The number of nitrogens with zero attached hydrogens (tertiary/aromatic N) is 2. The molecule has 0 spiro atoms. The van der Waals surface area contributed by atoms with Crippen molar-refractivity contribution in [2.45, 2.75) is 11.7 Å². The predicted octanol–water partition coefficient (Wildman–Crippen LogP) is -0.781. The first-order chi connectivity index (χ1) is 8.54. The van der Waals surface area contributed by atoms with E-state index in [4.69, 9.17) is 5.73 Å². The number of nitrogens with one attached hydrogen (secondary N) is 2. The van der Waals surface area contributed by atoms with Gasteiger partial charge in [-0.3, -0.25) is 14.4 Å². The first kappa shape index (κ1) is 12.9. The van der Waals surface area contributed by atoms with Crippen molar-refractivity contribution in [1.82, 2.24) is 10.6 Å². The van der Waals surface area contributed by atoms with Crippen LogP contribution in [-0.4, -0.2) is 39.1 Å². The molecule has 0 aromatic heterocycles. The number of hydrogen-bond acceptors (Lipinski definition) is 7. The number of amides is 3. The summed E-state index contributed by atoms with van der Waals surface area (Å²) < 4.78 is 0. The second kappa shape index (κ2) is 5.40. The molecule has 18 heavy (non-hydrogen) atoms. The summed E-state index contributed by atoms with van der Waals surface area (Å²) >= 11 is 2.19. The van der Waals surface area contributed by atoms with E-state index < -0.39 is 11.2 Å². The summed E-state index contributed by atoms with van der Waals surface area (Å²) in [4.78, 5) is 33.0. The van der Waals surface area contributed by atoms with E-state index in [-0.39, 0.29) is 17.6 Å². The second-order valence-corrected chi connectivity index (χ2v) is 5.56. The van der Waals surface area contributed by atoms with E-state index in [0.717, 1.165) is 23.5 Å². The molecule has 0 aromatic rings. The van der Waals surface area contributed by atoms with Gasteiger partial charge in [-0.05, 0) is 0 Å². The van der Waals surface area contributed by atoms with Crippen molar-refractivity contribution in [1.29, 1.82) is 0 Å². The molecule has 2 saturated heterocycles. The topological polar surface area (TPSA) is 126 Å². The minimum atomic E-state index is -0.561. The molecule has 0 saturated carbocycles. The zero-order valence-corrected chi connectivity index (χ0v) is 10.6. The van der Waals surface area contributed by atoms with E-state index >= 15 is 0 Å². The lowest BCUT2D eigenvalue weighted by molar-refractivity contribution is -0.123. The number of hydrogen-bond donors (Lipinski definition) is 3. The molecule has 2 aliphatic heterocycles. The Labute approximate surface area is 110 Å². The van der Waals surface area contributed by atoms with Crippen LogP contribution in [0.5, 0.6) is 0 Å². The fourth-order valence-electron chi connectivity index (χ4n) is 1.25. The van der Waals surface area contributed by atoms with Gasteiger partial charge < -0.3 is 16.4 Å². The molecule has 3 amide bonds. The molecule has 2 heterocycles. The summed E-state index contributed by atoms with van der Waals surface area (Å²) in [5.74, 6) is 0.00168. The Balaban J connectivity index is 1.97. The van der Waals surface area contributed by atoms with Crippen molar-refractivity contribution in [2.75, 3.05) is 5.75 Å². The highest BCUT2D eigenvalue weighted by Crippen LogP contribution is 2.22. The number of carbonyl (C=O) groups is 3. The molecule has 0 radical (unpaired) electrons. The highest BCUT2D eigenvalue weighted by Gasteiger charge is 2.31. The molecule has 1 atom stereocenters. The quantitative estimate of drug-likeness (QED) is 0.587. The number of primary amides is 1. The lowest BCUT2D eigenvalue weighted by atomic mass is 10.3. The molecule has 1 unspecified atom stereocenters. The van der Waals surface area contributed by atoms with Gasteiger partial charge in [-0.15, -0.1) is 10.2 Å². The Hall–Kier alpha value is -1.55. The highest BCUT2D eigenvalue weighted by atomic mass is 32.2. The summed E-state index contributed by atoms with van der Waals surface area (Å²) in [6.45, 7) is 0. The number of rotatable bonds is 3. The van der Waals surface area contributed by atoms with E-state index in [2.05, 4.69) is 20.8 Å². The summed E-state index contributed by atoms with van der Waals surface area (Å²) in [7, 11) is 0. The first-order valence-corrected chi connectivity index (χ1v) is 6.75. The van der Waals surface area contributed by atoms with Gasteiger partial charge in [-0.1, -0.05) is 23.5 Å². The maximum Gasteiger partial charge on any atom is 0.284 e. The number of nitrogens with two attached hydrogens (primary N) is 1. The number of carbonyl (C=O) groups excluding carboxylic acids is 3. The van der Waals surface area contributed by atoms with Gasteiger partial charge in [-0.25, -0.2) is 0 Å². The lowest BCUT2D eigenvalue weighted by Gasteiger charge is -1.98. The van der Waals surface area contributed by atoms with Crippen molar-refractivity contribution in [3.05, 3.63) is 0 Å². The van der Waals surface area contributed by atoms with Crippen LogP contribution in [0.15, 0.2) is 10.2 Å². The van der Waals surface area contributed by atoms with Gasteiger partial charge in [0, 0.05) is 6.42 Å². The molecule has 0 bridgehead atoms. The highest BCUT2D eigenvalue weighted by molar-refractivity contribution is 8.15. The minimum absolute atomic E-state index is 0.0430. The smallest absolute Gasteiger partial charge is 0.284 e. The summed E-state index contributed by atoms with van der Waals surface area (Å²) in [6, 6.07) is 0. The van der Waals surface area contributed by atoms with Crippen molar-refractivity contribution in [3.8, 4) is 0 Å². The van der Waals surface area contributed by atoms with Crippen LogP contribution in [0.25, 0.3) is 0 Å². The van der Waals surface area contributed by atoms with E-state index in [1.807, 2.05) is 0 Å². The van der Waals surface area contributed by atoms with Gasteiger partial charge in [0.25, 0.3) is 5.24 Å². The van der Waals surface area contributed by atoms with Crippen LogP contribution in [0.2, 0.25) is 0 Å². The zero-order valence-electron chi connectivity index (χ0n) is 9.00. The largest absolute Gasteiger partial charge is 0.370 e. The van der Waals surface area contributed by atoms with Crippen molar-refractivity contribution in [2.24, 2.45) is 15.9 Å². The fourth-order valence-corrected chi connectivity index (χ4v) is 2.77. The third kappa shape index (κ3) is 3.23. The van der Waals surface area contributed by atoms with Crippen LogP contribution in [-0.2, 0) is 9.59 Å². The van der Waals surface area contributed by atoms with E-state index in [1.54, 1.807) is 0 Å². The molecule has 0 aliphatic carbocycles. The third-order valence-electron chi connectivity index (χ3n) is 2.01. The zero-order chi connectivity index (χ0) is 13.1. The van der Waals surface area contributed by atoms with E-state index in [9.17, 15) is 14.4 Å². The van der Waals surface area contributed by atoms with Crippen LogP contribution in [0.4, 0.5) is 4.79 Å². The SMILES string of the molecule is NC(=O)CC1S/C(=N/N=C2\CSC(=O)N2)NC1=O. The van der Waals surface area contributed by atoms with E-state index in [0.29, 0.717) is 16.8 Å². The Kier molecular flexibility index (Phi) is 3.87. The average molecular weight is 287 g/mol. The van der Waals surface area contributed by atoms with Crippen molar-refractivity contribution < 1.29 is 14.4 Å². The van der Waals surface area contributed by atoms with Crippen LogP contribution in [0.1, 0.15) is 6.42 Å². The van der Waals surface area contributed by atoms with Gasteiger partial charge >= 0.3 is 0 Å². The second-order valence-electron chi connectivity index (χ2n) is 3.42. The summed E-state index contributed by atoms with van der Waals surface area (Å²) in [6.07, 6.45) is -0.0430. The third-order valence-corrected chi connectivity index (χ3v) is 3.87. The first-order valence-electron chi connectivity index (χ1n) is 4.88. The Morgan fingerprint density at radius 2 is 2.17 bits per heavy atom. The lowest BCUT2D eigenvalue weighted by Crippen LogP contribution is -2.28. The average Bonchev–Trinajstić information content (AvgIpc) is 2.83. The monoisotopic (exact) mass is 287 g/mol. The minimum Gasteiger partial charge on any atom is -0.370 e. The van der Waals surface area contributed by atoms with Crippen molar-refractivity contribution in [3.63, 3.8) is 0 Å². The van der Waals surface area contributed by atoms with Crippen LogP contribution < -0.4 is 16.4 Å². The Bertz CT molecular complexity index is 475. The van der Waals surface area contributed by atoms with Gasteiger partial charge in [-0.2, -0.15) is 0 Å². The van der Waals surface area contributed by atoms with Gasteiger partial charge in [0.2, 0.25) is 11.8 Å². The number of amidine groups is 2. The normalized spacial score (nSPS) is 27.7. The van der Waals surface area contributed by atoms with Crippen LogP contribution in [0.3, 0.4) is 0 Å². The van der Waals surface area contributed by atoms with Gasteiger partial charge in [0.05, 0.1) is 5.75 Å². The molecule has 2 rings (SSSR count). The van der Waals surface area contributed by atoms with Crippen LogP contribution in [0, 0.1) is 0 Å². The molecule has 2 fully saturated rings. The summed E-state index contributed by atoms with van der Waals surface area (Å²) in [5.41, 5.74) is 5.02. The molecule has 2 aliphatic rings. The van der Waals surface area contributed by atoms with Crippen LogP contribution >= 0.6 is 23.5 Å². The maximum atomic E-state index is 11.4. The Morgan fingerprint density at radius 1 is 1.39 bits per heavy atom. The maximum absolute atomic E-state index is 11.4. The molecule has 10 heteroatoms. The van der Waals surface area contributed by atoms with E-state index in [1.165, 1.54) is 0 Å². The molecule has 96 valence electrons. The summed E-state index contributed by atoms with van der Waals surface area (Å²) in [5, 5.41) is 12.2. The molecular weight excluding hydrogens is 278 g/mol. The van der Waals surface area contributed by atoms with Crippen molar-refractivity contribution >= 4 is 51.6 Å². The standard InChI is InChI=1S/C8H9N5O3S2/c9-4(14)1-3-6(15)11-7(18-3)13-12-5-2-17-8(16)10-5/h3H,1-2H2,(H2,9,14)(H,10,12,16)(H,11,13,15). The van der Waals surface area contributed by atoms with Gasteiger partial charge in [0.1, 0.15) is 11.1 Å². The fraction of sp³-hybridized carbons (Fsp3) is 0.375. The Morgan fingerprint density at radius 3 is 2.78 bits per heavy atom.